The lowest BCUT2D eigenvalue weighted by molar-refractivity contribution is 0.0729. The zero-order valence-electron chi connectivity index (χ0n) is 16.2. The Hall–Kier alpha value is -1.64. The molecule has 0 saturated carbocycles. The van der Waals surface area contributed by atoms with E-state index < -0.39 is 10.0 Å². The van der Waals surface area contributed by atoms with Gasteiger partial charge in [0.1, 0.15) is 0 Å². The third-order valence-corrected chi connectivity index (χ3v) is 6.40. The number of sulfonamides is 1. The van der Waals surface area contributed by atoms with Crippen LogP contribution in [0.3, 0.4) is 0 Å². The summed E-state index contributed by atoms with van der Waals surface area (Å²) in [6.45, 7) is 5.08. The van der Waals surface area contributed by atoms with E-state index in [1.807, 2.05) is 24.3 Å². The van der Waals surface area contributed by atoms with Crippen LogP contribution in [0.15, 0.2) is 29.3 Å². The maximum Gasteiger partial charge on any atom is 0.218 e. The maximum atomic E-state index is 12.7. The first-order valence-corrected chi connectivity index (χ1v) is 11.3. The van der Waals surface area contributed by atoms with Crippen LogP contribution in [0.5, 0.6) is 0 Å². The van der Waals surface area contributed by atoms with E-state index in [-0.39, 0.29) is 5.75 Å². The average Bonchev–Trinajstić information content (AvgIpc) is 2.67. The van der Waals surface area contributed by atoms with E-state index in [9.17, 15) is 8.42 Å². The normalized spacial score (nSPS) is 16.4. The summed E-state index contributed by atoms with van der Waals surface area (Å²) in [5, 5.41) is 3.12. The number of hydrogen-bond donors (Lipinski definition) is 2. The zero-order chi connectivity index (χ0) is 19.5. The van der Waals surface area contributed by atoms with Crippen molar-refractivity contribution in [2.45, 2.75) is 44.9 Å². The predicted molar refractivity (Wildman–Crippen MR) is 109 cm³/mol. The van der Waals surface area contributed by atoms with Crippen LogP contribution in [0, 0.1) is 0 Å². The third kappa shape index (κ3) is 7.48. The molecule has 1 aromatic carbocycles. The van der Waals surface area contributed by atoms with Crippen LogP contribution >= 0.6 is 0 Å². The first-order valence-electron chi connectivity index (χ1n) is 9.69. The Morgan fingerprint density at radius 2 is 1.89 bits per heavy atom. The highest BCUT2D eigenvalue weighted by Gasteiger charge is 2.25. The highest BCUT2D eigenvalue weighted by atomic mass is 32.2. The highest BCUT2D eigenvalue weighted by molar-refractivity contribution is 7.88. The van der Waals surface area contributed by atoms with E-state index in [2.05, 4.69) is 17.2 Å². The second kappa shape index (κ2) is 11.3. The molecule has 0 radical (unpaired) electrons. The van der Waals surface area contributed by atoms with Crippen LogP contribution in [-0.2, 0) is 27.1 Å². The van der Waals surface area contributed by atoms with Crippen molar-refractivity contribution >= 4 is 16.0 Å². The van der Waals surface area contributed by atoms with Crippen molar-refractivity contribution in [1.29, 1.82) is 0 Å². The summed E-state index contributed by atoms with van der Waals surface area (Å²) >= 11 is 0. The molecule has 1 saturated heterocycles. The summed E-state index contributed by atoms with van der Waals surface area (Å²) in [6.07, 6.45) is 4.68. The number of morpholine rings is 1. The van der Waals surface area contributed by atoms with E-state index in [0.717, 1.165) is 24.1 Å². The van der Waals surface area contributed by atoms with Crippen LogP contribution in [0.2, 0.25) is 0 Å². The molecule has 0 atom stereocenters. The molecule has 0 amide bonds. The topological polar surface area (TPSA) is 97.0 Å². The van der Waals surface area contributed by atoms with Gasteiger partial charge in [0.25, 0.3) is 0 Å². The Labute approximate surface area is 163 Å². The van der Waals surface area contributed by atoms with Gasteiger partial charge >= 0.3 is 0 Å². The first kappa shape index (κ1) is 21.7. The van der Waals surface area contributed by atoms with Crippen molar-refractivity contribution in [2.75, 3.05) is 32.8 Å². The number of aliphatic imine (C=N–C) groups is 1. The summed E-state index contributed by atoms with van der Waals surface area (Å²) in [6, 6.07) is 7.50. The third-order valence-electron chi connectivity index (χ3n) is 4.58. The predicted octanol–water partition coefficient (Wildman–Crippen LogP) is 1.83. The largest absolute Gasteiger partial charge is 0.379 e. The van der Waals surface area contributed by atoms with E-state index in [4.69, 9.17) is 10.5 Å². The molecule has 1 aliphatic heterocycles. The molecular weight excluding hydrogens is 364 g/mol. The van der Waals surface area contributed by atoms with Gasteiger partial charge in [0.2, 0.25) is 10.0 Å². The number of ether oxygens (including phenoxy) is 1. The molecule has 7 nitrogen and oxygen atoms in total. The van der Waals surface area contributed by atoms with Crippen molar-refractivity contribution < 1.29 is 13.2 Å². The van der Waals surface area contributed by atoms with Crippen molar-refractivity contribution in [1.82, 2.24) is 9.62 Å². The number of guanidine groups is 1. The fourth-order valence-electron chi connectivity index (χ4n) is 2.96. The Bertz CT molecular complexity index is 701. The molecule has 1 aromatic rings. The smallest absolute Gasteiger partial charge is 0.218 e. The van der Waals surface area contributed by atoms with Crippen LogP contribution in [0.1, 0.15) is 43.7 Å². The molecule has 1 fully saturated rings. The molecule has 152 valence electrons. The van der Waals surface area contributed by atoms with E-state index >= 15 is 0 Å². The number of nitrogens with one attached hydrogen (secondary N) is 1. The monoisotopic (exact) mass is 396 g/mol. The van der Waals surface area contributed by atoms with Gasteiger partial charge in [0.05, 0.1) is 25.5 Å². The van der Waals surface area contributed by atoms with E-state index in [1.54, 1.807) is 0 Å². The first-order chi connectivity index (χ1) is 13.0. The summed E-state index contributed by atoms with van der Waals surface area (Å²) in [5.74, 6) is 0.376. The van der Waals surface area contributed by atoms with Crippen LogP contribution in [-0.4, -0.2) is 51.5 Å². The fraction of sp³-hybridized carbons (Fsp3) is 0.632. The maximum absolute atomic E-state index is 12.7. The Morgan fingerprint density at radius 1 is 1.19 bits per heavy atom. The Morgan fingerprint density at radius 3 is 2.59 bits per heavy atom. The second-order valence-corrected chi connectivity index (χ2v) is 8.69. The molecule has 1 aliphatic rings. The van der Waals surface area contributed by atoms with Gasteiger partial charge in [0.15, 0.2) is 5.96 Å². The van der Waals surface area contributed by atoms with Gasteiger partial charge in [-0.2, -0.15) is 4.31 Å². The molecule has 0 spiro atoms. The average molecular weight is 397 g/mol. The number of unbranched alkanes of at least 4 members (excludes halogenated alkanes) is 3. The number of nitrogens with zero attached hydrogens (tertiary/aromatic N) is 2. The standard InChI is InChI=1S/C19H32N4O3S/c1-2-3-4-7-10-21-19(20)22-15-17-8-5-6-9-18(17)16-27(24,25)23-11-13-26-14-12-23/h5-6,8-9H,2-4,7,10-16H2,1H3,(H3,20,21,22). The summed E-state index contributed by atoms with van der Waals surface area (Å²) in [7, 11) is -3.36. The van der Waals surface area contributed by atoms with Crippen LogP contribution in [0.25, 0.3) is 0 Å². The molecule has 1 heterocycles. The molecule has 3 N–H and O–H groups in total. The van der Waals surface area contributed by atoms with Gasteiger partial charge in [-0.1, -0.05) is 50.5 Å². The van der Waals surface area contributed by atoms with Crippen LogP contribution < -0.4 is 11.1 Å². The summed E-state index contributed by atoms with van der Waals surface area (Å²) in [4.78, 5) is 4.37. The molecule has 0 bridgehead atoms. The molecule has 8 heteroatoms. The Kier molecular flexibility index (Phi) is 9.03. The van der Waals surface area contributed by atoms with Crippen molar-refractivity contribution in [2.24, 2.45) is 10.7 Å². The van der Waals surface area contributed by atoms with Gasteiger partial charge in [-0.25, -0.2) is 13.4 Å². The lowest BCUT2D eigenvalue weighted by atomic mass is 10.1. The Balaban J connectivity index is 1.93. The molecule has 27 heavy (non-hydrogen) atoms. The van der Waals surface area contributed by atoms with Gasteiger partial charge < -0.3 is 15.8 Å². The van der Waals surface area contributed by atoms with Crippen LogP contribution in [0.4, 0.5) is 0 Å². The van der Waals surface area contributed by atoms with Crippen molar-refractivity contribution in [3.8, 4) is 0 Å². The quantitative estimate of drug-likeness (QED) is 0.357. The minimum atomic E-state index is -3.36. The lowest BCUT2D eigenvalue weighted by Gasteiger charge is -2.26. The van der Waals surface area contributed by atoms with Crippen molar-refractivity contribution in [3.05, 3.63) is 35.4 Å². The summed E-state index contributed by atoms with van der Waals surface area (Å²) in [5.41, 5.74) is 7.58. The minimum Gasteiger partial charge on any atom is -0.379 e. The number of hydrogen-bond acceptors (Lipinski definition) is 4. The molecule has 2 rings (SSSR count). The van der Waals surface area contributed by atoms with Gasteiger partial charge in [0, 0.05) is 19.6 Å². The van der Waals surface area contributed by atoms with Gasteiger partial charge in [-0.15, -0.1) is 0 Å². The van der Waals surface area contributed by atoms with E-state index in [1.165, 1.54) is 23.6 Å². The van der Waals surface area contributed by atoms with Crippen molar-refractivity contribution in [3.63, 3.8) is 0 Å². The minimum absolute atomic E-state index is 0.0248. The van der Waals surface area contributed by atoms with Gasteiger partial charge in [-0.3, -0.25) is 0 Å². The zero-order valence-corrected chi connectivity index (χ0v) is 17.0. The summed E-state index contributed by atoms with van der Waals surface area (Å²) < 4.78 is 32.1. The van der Waals surface area contributed by atoms with E-state index in [0.29, 0.717) is 38.8 Å². The SMILES string of the molecule is CCCCCCNC(N)=NCc1ccccc1CS(=O)(=O)N1CCOCC1. The number of benzene rings is 1. The lowest BCUT2D eigenvalue weighted by Crippen LogP contribution is -2.41. The second-order valence-electron chi connectivity index (χ2n) is 6.73. The molecular formula is C19H32N4O3S. The van der Waals surface area contributed by atoms with Gasteiger partial charge in [-0.05, 0) is 17.5 Å². The molecule has 0 aromatic heterocycles. The molecule has 0 aliphatic carbocycles. The highest BCUT2D eigenvalue weighted by Crippen LogP contribution is 2.17. The number of nitrogens with two attached hydrogens (primary N) is 1. The fourth-order valence-corrected chi connectivity index (χ4v) is 4.52. The molecule has 0 unspecified atom stereocenters. The number of rotatable bonds is 10.